The monoisotopic (exact) mass is 313 g/mol. The van der Waals surface area contributed by atoms with Gasteiger partial charge in [0, 0.05) is 24.6 Å². The zero-order valence-corrected chi connectivity index (χ0v) is 12.3. The summed E-state index contributed by atoms with van der Waals surface area (Å²) in [6.07, 6.45) is 2.03. The first-order valence-electron chi connectivity index (χ1n) is 6.46. The summed E-state index contributed by atoms with van der Waals surface area (Å²) in [7, 11) is 0. The van der Waals surface area contributed by atoms with Gasteiger partial charge in [0.05, 0.1) is 0 Å². The minimum absolute atomic E-state index is 0. The maximum atomic E-state index is 9.92. The third-order valence-electron chi connectivity index (χ3n) is 4.43. The fourth-order valence-electron chi connectivity index (χ4n) is 3.44. The summed E-state index contributed by atoms with van der Waals surface area (Å²) in [5, 5.41) is 19.5. The van der Waals surface area contributed by atoms with Gasteiger partial charge in [-0.25, -0.2) is 0 Å². The van der Waals surface area contributed by atoms with E-state index in [4.69, 9.17) is 0 Å². The van der Waals surface area contributed by atoms with Crippen molar-refractivity contribution in [2.24, 2.45) is 5.92 Å². The highest BCUT2D eigenvalue weighted by atomic mass is 79.9. The van der Waals surface area contributed by atoms with Crippen molar-refractivity contribution in [2.45, 2.75) is 25.7 Å². The minimum Gasteiger partial charge on any atom is -0.504 e. The zero-order valence-electron chi connectivity index (χ0n) is 10.6. The molecule has 3 nitrogen and oxygen atoms in total. The predicted octanol–water partition coefficient (Wildman–Crippen LogP) is 2.66. The Labute approximate surface area is 118 Å². The highest BCUT2D eigenvalue weighted by Crippen LogP contribution is 2.46. The molecule has 1 saturated heterocycles. The number of hydrogen-bond donors (Lipinski definition) is 2. The van der Waals surface area contributed by atoms with Gasteiger partial charge in [-0.05, 0) is 36.9 Å². The number of likely N-dealkylation sites (tertiary alicyclic amines) is 1. The van der Waals surface area contributed by atoms with Crippen LogP contribution in [-0.4, -0.2) is 34.7 Å². The van der Waals surface area contributed by atoms with E-state index in [1.54, 1.807) is 6.07 Å². The number of hydrogen-bond acceptors (Lipinski definition) is 3. The molecule has 1 aromatic carbocycles. The molecular formula is C14H20BrNO2. The maximum absolute atomic E-state index is 9.92. The molecule has 0 radical (unpaired) electrons. The molecule has 1 heterocycles. The van der Waals surface area contributed by atoms with Crippen molar-refractivity contribution in [3.05, 3.63) is 23.3 Å². The van der Waals surface area contributed by atoms with Crippen LogP contribution in [0.5, 0.6) is 11.5 Å². The molecular weight excluding hydrogens is 294 g/mol. The Balaban J connectivity index is 0.00000120. The summed E-state index contributed by atoms with van der Waals surface area (Å²) >= 11 is 0. The lowest BCUT2D eigenvalue weighted by molar-refractivity contribution is 0.337. The van der Waals surface area contributed by atoms with Gasteiger partial charge in [0.25, 0.3) is 0 Å². The fourth-order valence-corrected chi connectivity index (χ4v) is 3.44. The molecule has 100 valence electrons. The van der Waals surface area contributed by atoms with E-state index in [0.29, 0.717) is 5.92 Å². The molecule has 0 saturated carbocycles. The average molecular weight is 314 g/mol. The van der Waals surface area contributed by atoms with Crippen molar-refractivity contribution >= 4 is 17.0 Å². The lowest BCUT2D eigenvalue weighted by Crippen LogP contribution is -2.19. The predicted molar refractivity (Wildman–Crippen MR) is 76.8 cm³/mol. The van der Waals surface area contributed by atoms with Crippen LogP contribution in [0.4, 0.5) is 0 Å². The van der Waals surface area contributed by atoms with Crippen molar-refractivity contribution in [3.63, 3.8) is 0 Å². The number of likely N-dealkylation sites (N-methyl/N-ethyl adjacent to an activating group) is 1. The first-order chi connectivity index (χ1) is 8.20. The van der Waals surface area contributed by atoms with Crippen molar-refractivity contribution in [3.8, 4) is 11.5 Å². The molecule has 2 atom stereocenters. The molecule has 0 bridgehead atoms. The van der Waals surface area contributed by atoms with Crippen molar-refractivity contribution in [1.82, 2.24) is 4.90 Å². The number of nitrogens with zero attached hydrogens (tertiary/aromatic N) is 1. The number of aromatic hydroxyl groups is 2. The van der Waals surface area contributed by atoms with Crippen LogP contribution in [-0.2, 0) is 6.42 Å². The van der Waals surface area contributed by atoms with Crippen LogP contribution in [0.1, 0.15) is 30.4 Å². The Hall–Kier alpha value is -0.740. The van der Waals surface area contributed by atoms with E-state index in [0.717, 1.165) is 37.4 Å². The van der Waals surface area contributed by atoms with Crippen LogP contribution in [0.3, 0.4) is 0 Å². The van der Waals surface area contributed by atoms with E-state index >= 15 is 0 Å². The standard InChI is InChI=1S/C14H19NO2.BrH/c1-2-15-7-9-3-4-11-10(12(9)8-15)5-6-13(16)14(11)17;/h5-6,9,12,16-17H,2-4,7-8H2,1H3;1H. The molecule has 1 aliphatic heterocycles. The SMILES string of the molecule is Br.CCN1CC2CCc3c(ccc(O)c3O)C2C1. The highest BCUT2D eigenvalue weighted by Gasteiger charge is 2.37. The van der Waals surface area contributed by atoms with Gasteiger partial charge in [-0.3, -0.25) is 0 Å². The van der Waals surface area contributed by atoms with Gasteiger partial charge in [0.2, 0.25) is 0 Å². The van der Waals surface area contributed by atoms with E-state index in [1.807, 2.05) is 6.07 Å². The Morgan fingerprint density at radius 3 is 2.78 bits per heavy atom. The molecule has 1 fully saturated rings. The largest absolute Gasteiger partial charge is 0.504 e. The topological polar surface area (TPSA) is 43.7 Å². The molecule has 3 rings (SSSR count). The lowest BCUT2D eigenvalue weighted by Gasteiger charge is -2.28. The van der Waals surface area contributed by atoms with Crippen LogP contribution in [0.2, 0.25) is 0 Å². The smallest absolute Gasteiger partial charge is 0.160 e. The van der Waals surface area contributed by atoms with Crippen molar-refractivity contribution in [2.75, 3.05) is 19.6 Å². The summed E-state index contributed by atoms with van der Waals surface area (Å²) in [6, 6.07) is 3.63. The zero-order chi connectivity index (χ0) is 12.0. The quantitative estimate of drug-likeness (QED) is 0.783. The molecule has 0 aromatic heterocycles. The first kappa shape index (κ1) is 13.7. The molecule has 1 aliphatic carbocycles. The first-order valence-corrected chi connectivity index (χ1v) is 6.46. The van der Waals surface area contributed by atoms with Crippen LogP contribution in [0.15, 0.2) is 12.1 Å². The van der Waals surface area contributed by atoms with E-state index in [1.165, 1.54) is 12.1 Å². The Morgan fingerprint density at radius 2 is 2.06 bits per heavy atom. The highest BCUT2D eigenvalue weighted by molar-refractivity contribution is 8.93. The van der Waals surface area contributed by atoms with Gasteiger partial charge in [0.15, 0.2) is 11.5 Å². The number of halogens is 1. The maximum Gasteiger partial charge on any atom is 0.160 e. The normalized spacial score (nSPS) is 26.3. The van der Waals surface area contributed by atoms with Crippen LogP contribution in [0, 0.1) is 5.92 Å². The minimum atomic E-state index is 0. The fraction of sp³-hybridized carbons (Fsp3) is 0.571. The lowest BCUT2D eigenvalue weighted by atomic mass is 9.77. The second kappa shape index (κ2) is 5.10. The summed E-state index contributed by atoms with van der Waals surface area (Å²) in [5.74, 6) is 1.40. The van der Waals surface area contributed by atoms with Gasteiger partial charge in [0.1, 0.15) is 0 Å². The Morgan fingerprint density at radius 1 is 1.28 bits per heavy atom. The third-order valence-corrected chi connectivity index (χ3v) is 4.43. The molecule has 0 amide bonds. The average Bonchev–Trinajstić information content (AvgIpc) is 2.76. The number of phenolic OH excluding ortho intramolecular Hbond substituents is 2. The van der Waals surface area contributed by atoms with Gasteiger partial charge < -0.3 is 15.1 Å². The van der Waals surface area contributed by atoms with Gasteiger partial charge in [-0.15, -0.1) is 17.0 Å². The summed E-state index contributed by atoms with van der Waals surface area (Å²) < 4.78 is 0. The number of fused-ring (bicyclic) bond motifs is 3. The second-order valence-corrected chi connectivity index (χ2v) is 5.26. The number of phenols is 2. The molecule has 2 aliphatic rings. The van der Waals surface area contributed by atoms with E-state index in [9.17, 15) is 10.2 Å². The Bertz CT molecular complexity index is 450. The van der Waals surface area contributed by atoms with Crippen molar-refractivity contribution in [1.29, 1.82) is 0 Å². The van der Waals surface area contributed by atoms with Crippen LogP contribution in [0.25, 0.3) is 0 Å². The molecule has 0 spiro atoms. The second-order valence-electron chi connectivity index (χ2n) is 5.26. The summed E-state index contributed by atoms with van der Waals surface area (Å²) in [6.45, 7) is 5.58. The van der Waals surface area contributed by atoms with Crippen LogP contribution >= 0.6 is 17.0 Å². The van der Waals surface area contributed by atoms with E-state index in [-0.39, 0.29) is 28.5 Å². The summed E-state index contributed by atoms with van der Waals surface area (Å²) in [5.41, 5.74) is 2.23. The summed E-state index contributed by atoms with van der Waals surface area (Å²) in [4.78, 5) is 2.48. The number of benzene rings is 1. The molecule has 4 heteroatoms. The number of rotatable bonds is 1. The van der Waals surface area contributed by atoms with Crippen molar-refractivity contribution < 1.29 is 10.2 Å². The Kier molecular flexibility index (Phi) is 3.87. The van der Waals surface area contributed by atoms with Gasteiger partial charge in [-0.1, -0.05) is 13.0 Å². The third kappa shape index (κ3) is 2.01. The molecule has 18 heavy (non-hydrogen) atoms. The molecule has 2 unspecified atom stereocenters. The van der Waals surface area contributed by atoms with Gasteiger partial charge in [-0.2, -0.15) is 0 Å². The van der Waals surface area contributed by atoms with Gasteiger partial charge >= 0.3 is 0 Å². The molecule has 1 aromatic rings. The van der Waals surface area contributed by atoms with E-state index in [2.05, 4.69) is 11.8 Å². The molecule has 2 N–H and O–H groups in total. The van der Waals surface area contributed by atoms with E-state index < -0.39 is 0 Å². The van der Waals surface area contributed by atoms with Crippen LogP contribution < -0.4 is 0 Å².